The topological polar surface area (TPSA) is 32.9 Å². The van der Waals surface area contributed by atoms with Gasteiger partial charge in [0.1, 0.15) is 0 Å². The number of aromatic nitrogens is 1. The summed E-state index contributed by atoms with van der Waals surface area (Å²) in [6.07, 6.45) is 5.12. The Bertz CT molecular complexity index is 862. The van der Waals surface area contributed by atoms with E-state index in [0.717, 1.165) is 40.1 Å². The Morgan fingerprint density at radius 1 is 1.20 bits per heavy atom. The molecule has 0 aliphatic carbocycles. The van der Waals surface area contributed by atoms with E-state index in [1.807, 2.05) is 30.3 Å². The molecule has 2 nitrogen and oxygen atoms in total. The van der Waals surface area contributed by atoms with Crippen LogP contribution in [0, 0.1) is 6.92 Å². The lowest BCUT2D eigenvalue weighted by molar-refractivity contribution is 0.101. The van der Waals surface area contributed by atoms with E-state index in [9.17, 15) is 4.79 Å². The summed E-state index contributed by atoms with van der Waals surface area (Å²) in [5.74, 6) is 0.0787. The lowest BCUT2D eigenvalue weighted by Gasteiger charge is -2.07. The highest BCUT2D eigenvalue weighted by atomic mass is 16.1. The maximum Gasteiger partial charge on any atom is 0.159 e. The first-order valence-corrected chi connectivity index (χ1v) is 8.69. The molecular formula is C23H27NO. The molecule has 2 heteroatoms. The highest BCUT2D eigenvalue weighted by Gasteiger charge is 2.08. The SMILES string of the molecule is C=CC(=C\c1cc(-c2cccc(C(C)=O)c2)[nH]c1C)/C(C)=C(\C)CC. The number of carbonyl (C=O) groups excluding carboxylic acids is 1. The van der Waals surface area contributed by atoms with Gasteiger partial charge in [-0.3, -0.25) is 4.79 Å². The zero-order valence-electron chi connectivity index (χ0n) is 15.9. The second kappa shape index (κ2) is 7.98. The van der Waals surface area contributed by atoms with Crippen molar-refractivity contribution < 1.29 is 4.79 Å². The molecule has 0 fully saturated rings. The van der Waals surface area contributed by atoms with Gasteiger partial charge >= 0.3 is 0 Å². The minimum Gasteiger partial charge on any atom is -0.358 e. The molecule has 0 saturated carbocycles. The Balaban J connectivity index is 2.47. The normalized spacial score (nSPS) is 12.8. The maximum atomic E-state index is 11.6. The number of rotatable bonds is 6. The van der Waals surface area contributed by atoms with Gasteiger partial charge in [0.05, 0.1) is 0 Å². The van der Waals surface area contributed by atoms with Crippen LogP contribution in [0.2, 0.25) is 0 Å². The minimum absolute atomic E-state index is 0.0787. The van der Waals surface area contributed by atoms with E-state index in [-0.39, 0.29) is 5.78 Å². The molecule has 0 radical (unpaired) electrons. The molecule has 0 amide bonds. The lowest BCUT2D eigenvalue weighted by atomic mass is 9.98. The van der Waals surface area contributed by atoms with Crippen LogP contribution >= 0.6 is 0 Å². The highest BCUT2D eigenvalue weighted by molar-refractivity contribution is 5.95. The molecule has 0 bridgehead atoms. The zero-order valence-corrected chi connectivity index (χ0v) is 15.9. The quantitative estimate of drug-likeness (QED) is 0.474. The van der Waals surface area contributed by atoms with E-state index >= 15 is 0 Å². The molecule has 25 heavy (non-hydrogen) atoms. The first-order valence-electron chi connectivity index (χ1n) is 8.69. The predicted octanol–water partition coefficient (Wildman–Crippen LogP) is 6.51. The van der Waals surface area contributed by atoms with Crippen molar-refractivity contribution in [3.8, 4) is 11.3 Å². The fourth-order valence-corrected chi connectivity index (χ4v) is 2.78. The van der Waals surface area contributed by atoms with E-state index in [1.165, 1.54) is 11.1 Å². The second-order valence-corrected chi connectivity index (χ2v) is 6.46. The van der Waals surface area contributed by atoms with Crippen LogP contribution in [-0.2, 0) is 0 Å². The number of Topliss-reactive ketones (excluding diaryl/α,β-unsaturated/α-hetero) is 1. The molecule has 0 saturated heterocycles. The molecule has 1 aromatic heterocycles. The summed E-state index contributed by atoms with van der Waals surface area (Å²) in [5, 5.41) is 0. The Labute approximate surface area is 151 Å². The van der Waals surface area contributed by atoms with Crippen LogP contribution in [0.1, 0.15) is 55.7 Å². The van der Waals surface area contributed by atoms with Crippen LogP contribution in [0.15, 0.2) is 59.7 Å². The summed E-state index contributed by atoms with van der Waals surface area (Å²) in [7, 11) is 0. The van der Waals surface area contributed by atoms with Gasteiger partial charge in [-0.05, 0) is 74.6 Å². The van der Waals surface area contributed by atoms with Crippen LogP contribution < -0.4 is 0 Å². The second-order valence-electron chi connectivity index (χ2n) is 6.46. The number of H-pyrrole nitrogens is 1. The Morgan fingerprint density at radius 3 is 2.52 bits per heavy atom. The van der Waals surface area contributed by atoms with Crippen LogP contribution in [0.25, 0.3) is 17.3 Å². The van der Waals surface area contributed by atoms with Gasteiger partial charge in [-0.25, -0.2) is 0 Å². The third-order valence-electron chi connectivity index (χ3n) is 4.77. The minimum atomic E-state index is 0.0787. The van der Waals surface area contributed by atoms with Crippen molar-refractivity contribution in [1.29, 1.82) is 0 Å². The number of benzene rings is 1. The number of nitrogens with one attached hydrogen (secondary N) is 1. The van der Waals surface area contributed by atoms with E-state index < -0.39 is 0 Å². The zero-order chi connectivity index (χ0) is 18.6. The first kappa shape index (κ1) is 18.7. The maximum absolute atomic E-state index is 11.6. The van der Waals surface area contributed by atoms with Crippen molar-refractivity contribution in [3.63, 3.8) is 0 Å². The van der Waals surface area contributed by atoms with Crippen molar-refractivity contribution in [1.82, 2.24) is 4.98 Å². The number of allylic oxidation sites excluding steroid dienone is 4. The van der Waals surface area contributed by atoms with E-state index in [0.29, 0.717) is 0 Å². The van der Waals surface area contributed by atoms with Crippen molar-refractivity contribution in [3.05, 3.63) is 76.5 Å². The van der Waals surface area contributed by atoms with Gasteiger partial charge in [0, 0.05) is 17.0 Å². The molecule has 130 valence electrons. The molecule has 2 aromatic rings. The van der Waals surface area contributed by atoms with Crippen LogP contribution in [0.3, 0.4) is 0 Å². The summed E-state index contributed by atoms with van der Waals surface area (Å²) >= 11 is 0. The molecule has 0 aliphatic heterocycles. The predicted molar refractivity (Wildman–Crippen MR) is 108 cm³/mol. The summed E-state index contributed by atoms with van der Waals surface area (Å²) in [6.45, 7) is 14.1. The molecule has 0 spiro atoms. The smallest absolute Gasteiger partial charge is 0.159 e. The van der Waals surface area contributed by atoms with Gasteiger partial charge in [-0.15, -0.1) is 0 Å². The van der Waals surface area contributed by atoms with Crippen molar-refractivity contribution in [2.45, 2.75) is 41.0 Å². The summed E-state index contributed by atoms with van der Waals surface area (Å²) < 4.78 is 0. The molecule has 1 aromatic carbocycles. The average molecular weight is 333 g/mol. The van der Waals surface area contributed by atoms with Gasteiger partial charge in [0.2, 0.25) is 0 Å². The Hall–Kier alpha value is -2.61. The molecule has 0 aliphatic rings. The monoisotopic (exact) mass is 333 g/mol. The molecule has 0 unspecified atom stereocenters. The number of carbonyl (C=O) groups is 1. The largest absolute Gasteiger partial charge is 0.358 e. The van der Waals surface area contributed by atoms with E-state index in [4.69, 9.17) is 0 Å². The summed E-state index contributed by atoms with van der Waals surface area (Å²) in [5.41, 5.74) is 8.80. The lowest BCUT2D eigenvalue weighted by Crippen LogP contribution is -1.91. The van der Waals surface area contributed by atoms with Gasteiger partial charge in [-0.1, -0.05) is 43.4 Å². The highest BCUT2D eigenvalue weighted by Crippen LogP contribution is 2.27. The van der Waals surface area contributed by atoms with Crippen LogP contribution in [0.5, 0.6) is 0 Å². The van der Waals surface area contributed by atoms with Gasteiger partial charge in [0.15, 0.2) is 5.78 Å². The Kier molecular flexibility index (Phi) is 5.97. The molecule has 0 atom stereocenters. The average Bonchev–Trinajstić information content (AvgIpc) is 2.99. The fourth-order valence-electron chi connectivity index (χ4n) is 2.78. The number of ketones is 1. The summed E-state index contributed by atoms with van der Waals surface area (Å²) in [6, 6.07) is 9.85. The molecule has 1 heterocycles. The number of aromatic amines is 1. The van der Waals surface area contributed by atoms with Crippen molar-refractivity contribution >= 4 is 11.9 Å². The third-order valence-corrected chi connectivity index (χ3v) is 4.77. The van der Waals surface area contributed by atoms with Crippen molar-refractivity contribution in [2.75, 3.05) is 0 Å². The van der Waals surface area contributed by atoms with Gasteiger partial charge in [0.25, 0.3) is 0 Å². The number of aryl methyl sites for hydroxylation is 1. The fraction of sp³-hybridized carbons (Fsp3) is 0.261. The third kappa shape index (κ3) is 4.27. The number of hydrogen-bond donors (Lipinski definition) is 1. The van der Waals surface area contributed by atoms with E-state index in [2.05, 4.69) is 51.4 Å². The molecule has 1 N–H and O–H groups in total. The van der Waals surface area contributed by atoms with Crippen LogP contribution in [0.4, 0.5) is 0 Å². The van der Waals surface area contributed by atoms with Crippen LogP contribution in [-0.4, -0.2) is 10.8 Å². The standard InChI is InChI=1S/C23H27NO/c1-7-15(3)16(4)19(8-2)12-22-14-23(24-17(22)5)21-11-9-10-20(13-21)18(6)25/h8-14,24H,2,7H2,1,3-6H3/b16-15+,19-12+. The van der Waals surface area contributed by atoms with E-state index in [1.54, 1.807) is 6.92 Å². The molecule has 2 rings (SSSR count). The van der Waals surface area contributed by atoms with Gasteiger partial charge < -0.3 is 4.98 Å². The van der Waals surface area contributed by atoms with Gasteiger partial charge in [-0.2, -0.15) is 0 Å². The summed E-state index contributed by atoms with van der Waals surface area (Å²) in [4.78, 5) is 15.0. The first-order chi connectivity index (χ1) is 11.9. The molecular weight excluding hydrogens is 306 g/mol. The van der Waals surface area contributed by atoms with Crippen molar-refractivity contribution in [2.24, 2.45) is 0 Å². The Morgan fingerprint density at radius 2 is 1.92 bits per heavy atom. The number of hydrogen-bond acceptors (Lipinski definition) is 1.